The quantitative estimate of drug-likeness (QED) is 0.875. The summed E-state index contributed by atoms with van der Waals surface area (Å²) in [5.41, 5.74) is 1.42. The molecular formula is C19H29NO. The Morgan fingerprint density at radius 2 is 1.76 bits per heavy atom. The number of nitrogens with one attached hydrogen (secondary N) is 1. The normalized spacial score (nSPS) is 30.6. The van der Waals surface area contributed by atoms with Crippen molar-refractivity contribution in [1.29, 1.82) is 0 Å². The van der Waals surface area contributed by atoms with Crippen LogP contribution in [-0.2, 0) is 0 Å². The lowest BCUT2D eigenvalue weighted by Gasteiger charge is -2.52. The Kier molecular flexibility index (Phi) is 4.37. The van der Waals surface area contributed by atoms with Crippen LogP contribution in [0.15, 0.2) is 30.3 Å². The number of aliphatic hydroxyl groups excluding tert-OH is 1. The van der Waals surface area contributed by atoms with E-state index < -0.39 is 0 Å². The first-order valence-electron chi connectivity index (χ1n) is 8.58. The largest absolute Gasteiger partial charge is 0.392 e. The molecule has 0 spiro atoms. The van der Waals surface area contributed by atoms with Crippen molar-refractivity contribution >= 4 is 0 Å². The monoisotopic (exact) mass is 287 g/mol. The zero-order valence-electron chi connectivity index (χ0n) is 13.4. The summed E-state index contributed by atoms with van der Waals surface area (Å²) in [6.45, 7) is 4.36. The highest BCUT2D eigenvalue weighted by Crippen LogP contribution is 2.43. The molecule has 0 saturated heterocycles. The maximum atomic E-state index is 10.00. The van der Waals surface area contributed by atoms with E-state index in [-0.39, 0.29) is 11.5 Å². The maximum absolute atomic E-state index is 10.00. The van der Waals surface area contributed by atoms with Crippen LogP contribution in [0.4, 0.5) is 0 Å². The fourth-order valence-corrected chi connectivity index (χ4v) is 4.03. The Morgan fingerprint density at radius 1 is 1.10 bits per heavy atom. The first-order valence-corrected chi connectivity index (χ1v) is 8.58. The molecule has 3 rings (SSSR count). The number of hydrogen-bond donors (Lipinski definition) is 2. The summed E-state index contributed by atoms with van der Waals surface area (Å²) in [5, 5.41) is 13.9. The third-order valence-corrected chi connectivity index (χ3v) is 5.88. The van der Waals surface area contributed by atoms with Gasteiger partial charge in [-0.15, -0.1) is 0 Å². The molecule has 0 aliphatic heterocycles. The van der Waals surface area contributed by atoms with Crippen molar-refractivity contribution in [2.24, 2.45) is 11.3 Å². The second kappa shape index (κ2) is 6.10. The second-order valence-electron chi connectivity index (χ2n) is 7.58. The third-order valence-electron chi connectivity index (χ3n) is 5.88. The first-order chi connectivity index (χ1) is 10.1. The van der Waals surface area contributed by atoms with Gasteiger partial charge in [-0.1, -0.05) is 63.4 Å². The van der Waals surface area contributed by atoms with Crippen LogP contribution >= 0.6 is 0 Å². The van der Waals surface area contributed by atoms with Gasteiger partial charge in [0, 0.05) is 17.5 Å². The molecule has 1 aromatic rings. The summed E-state index contributed by atoms with van der Waals surface area (Å²) in [4.78, 5) is 0. The summed E-state index contributed by atoms with van der Waals surface area (Å²) in [6.07, 6.45) is 7.54. The highest BCUT2D eigenvalue weighted by molar-refractivity contribution is 5.21. The van der Waals surface area contributed by atoms with Crippen molar-refractivity contribution in [2.45, 2.75) is 70.6 Å². The Labute approximate surface area is 129 Å². The van der Waals surface area contributed by atoms with Gasteiger partial charge in [-0.25, -0.2) is 0 Å². The molecular weight excluding hydrogens is 258 g/mol. The molecule has 0 heterocycles. The van der Waals surface area contributed by atoms with E-state index >= 15 is 0 Å². The van der Waals surface area contributed by atoms with E-state index in [1.807, 2.05) is 0 Å². The van der Waals surface area contributed by atoms with Crippen LogP contribution < -0.4 is 5.32 Å². The van der Waals surface area contributed by atoms with Gasteiger partial charge in [0.15, 0.2) is 0 Å². The number of rotatable bonds is 4. The van der Waals surface area contributed by atoms with Gasteiger partial charge in [-0.05, 0) is 30.7 Å². The highest BCUT2D eigenvalue weighted by atomic mass is 16.3. The lowest BCUT2D eigenvalue weighted by molar-refractivity contribution is -0.0788. The van der Waals surface area contributed by atoms with Gasteiger partial charge in [-0.3, -0.25) is 0 Å². The molecule has 3 atom stereocenters. The van der Waals surface area contributed by atoms with Gasteiger partial charge in [0.1, 0.15) is 0 Å². The van der Waals surface area contributed by atoms with Crippen LogP contribution in [0.25, 0.3) is 0 Å². The summed E-state index contributed by atoms with van der Waals surface area (Å²) in [5.74, 6) is 0.745. The zero-order chi connectivity index (χ0) is 14.9. The standard InChI is InChI=1S/C19H29NO/c1-19(2)16(13-17(19)21)20-18(14-9-5-3-6-10-14)15-11-7-4-8-12-15/h3,5-6,9-10,15-18,20-21H,4,7-8,11-13H2,1-2H3. The fourth-order valence-electron chi connectivity index (χ4n) is 4.03. The fraction of sp³-hybridized carbons (Fsp3) is 0.684. The van der Waals surface area contributed by atoms with Crippen LogP contribution in [0.1, 0.15) is 64.0 Å². The molecule has 0 radical (unpaired) electrons. The lowest BCUT2D eigenvalue weighted by Crippen LogP contribution is -2.61. The topological polar surface area (TPSA) is 32.3 Å². The Balaban J connectivity index is 1.76. The van der Waals surface area contributed by atoms with Crippen LogP contribution in [0, 0.1) is 11.3 Å². The van der Waals surface area contributed by atoms with E-state index in [2.05, 4.69) is 49.5 Å². The minimum absolute atomic E-state index is 0.00168. The Bertz CT molecular complexity index is 450. The Hall–Kier alpha value is -0.860. The van der Waals surface area contributed by atoms with E-state index in [4.69, 9.17) is 0 Å². The molecule has 21 heavy (non-hydrogen) atoms. The van der Waals surface area contributed by atoms with Gasteiger partial charge < -0.3 is 10.4 Å². The molecule has 116 valence electrons. The van der Waals surface area contributed by atoms with E-state index in [0.29, 0.717) is 12.1 Å². The molecule has 2 N–H and O–H groups in total. The maximum Gasteiger partial charge on any atom is 0.0621 e. The molecule has 2 nitrogen and oxygen atoms in total. The SMILES string of the molecule is CC1(C)C(O)CC1NC(c1ccccc1)C1CCCCC1. The van der Waals surface area contributed by atoms with Crippen LogP contribution in [-0.4, -0.2) is 17.3 Å². The lowest BCUT2D eigenvalue weighted by atomic mass is 9.64. The molecule has 2 aliphatic carbocycles. The van der Waals surface area contributed by atoms with Gasteiger partial charge >= 0.3 is 0 Å². The predicted molar refractivity (Wildman–Crippen MR) is 87.1 cm³/mol. The number of hydrogen-bond acceptors (Lipinski definition) is 2. The molecule has 2 fully saturated rings. The minimum Gasteiger partial charge on any atom is -0.392 e. The van der Waals surface area contributed by atoms with Crippen LogP contribution in [0.3, 0.4) is 0 Å². The van der Waals surface area contributed by atoms with E-state index in [1.165, 1.54) is 37.7 Å². The molecule has 2 aliphatic rings. The molecule has 2 heteroatoms. The van der Waals surface area contributed by atoms with E-state index in [0.717, 1.165) is 12.3 Å². The van der Waals surface area contributed by atoms with E-state index in [9.17, 15) is 5.11 Å². The van der Waals surface area contributed by atoms with Crippen molar-refractivity contribution in [3.63, 3.8) is 0 Å². The molecule has 2 saturated carbocycles. The smallest absolute Gasteiger partial charge is 0.0621 e. The third kappa shape index (κ3) is 3.02. The molecule has 1 aromatic carbocycles. The zero-order valence-corrected chi connectivity index (χ0v) is 13.4. The number of benzene rings is 1. The first kappa shape index (κ1) is 15.1. The number of aliphatic hydroxyl groups is 1. The molecule has 0 bridgehead atoms. The average Bonchev–Trinajstić information content (AvgIpc) is 2.53. The summed E-state index contributed by atoms with van der Waals surface area (Å²) in [6, 6.07) is 11.8. The summed E-state index contributed by atoms with van der Waals surface area (Å²) < 4.78 is 0. The van der Waals surface area contributed by atoms with Crippen molar-refractivity contribution < 1.29 is 5.11 Å². The highest BCUT2D eigenvalue weighted by Gasteiger charge is 2.48. The summed E-state index contributed by atoms with van der Waals surface area (Å²) in [7, 11) is 0. The van der Waals surface area contributed by atoms with Crippen LogP contribution in [0.2, 0.25) is 0 Å². The van der Waals surface area contributed by atoms with Crippen LogP contribution in [0.5, 0.6) is 0 Å². The van der Waals surface area contributed by atoms with Crippen molar-refractivity contribution in [3.05, 3.63) is 35.9 Å². The molecule has 0 aromatic heterocycles. The van der Waals surface area contributed by atoms with Gasteiger partial charge in [0.2, 0.25) is 0 Å². The average molecular weight is 287 g/mol. The van der Waals surface area contributed by atoms with Crippen molar-refractivity contribution in [2.75, 3.05) is 0 Å². The van der Waals surface area contributed by atoms with Gasteiger partial charge in [0.05, 0.1) is 6.10 Å². The van der Waals surface area contributed by atoms with E-state index in [1.54, 1.807) is 0 Å². The predicted octanol–water partition coefficient (Wildman–Crippen LogP) is 4.06. The second-order valence-corrected chi connectivity index (χ2v) is 7.58. The Morgan fingerprint density at radius 3 is 2.33 bits per heavy atom. The summed E-state index contributed by atoms with van der Waals surface area (Å²) >= 11 is 0. The van der Waals surface area contributed by atoms with Gasteiger partial charge in [0.25, 0.3) is 0 Å². The van der Waals surface area contributed by atoms with Crippen molar-refractivity contribution in [3.8, 4) is 0 Å². The van der Waals surface area contributed by atoms with Crippen molar-refractivity contribution in [1.82, 2.24) is 5.32 Å². The molecule has 0 amide bonds. The molecule has 3 unspecified atom stereocenters. The minimum atomic E-state index is -0.155. The van der Waals surface area contributed by atoms with Gasteiger partial charge in [-0.2, -0.15) is 0 Å².